The van der Waals surface area contributed by atoms with Gasteiger partial charge in [0, 0.05) is 22.0 Å². The lowest BCUT2D eigenvalue weighted by Crippen LogP contribution is -2.47. The standard InChI is InChI=1S/C17H17ClN2OS/c18-12-3-1-2-11(8-12)15-4-5-16(22-15)17(21)20-14-7-10-6-13(14)19-9-10/h1-5,8,10,13-14,19H,6-7,9H2,(H,20,21). The number of halogens is 1. The number of benzene rings is 1. The first kappa shape index (κ1) is 14.2. The van der Waals surface area contributed by atoms with Crippen molar-refractivity contribution in [3.05, 3.63) is 46.3 Å². The molecule has 4 rings (SSSR count). The van der Waals surface area contributed by atoms with Crippen LogP contribution in [0.2, 0.25) is 5.02 Å². The van der Waals surface area contributed by atoms with Gasteiger partial charge in [0.1, 0.15) is 0 Å². The van der Waals surface area contributed by atoms with Gasteiger partial charge < -0.3 is 10.6 Å². The molecule has 2 heterocycles. The van der Waals surface area contributed by atoms with E-state index in [1.807, 2.05) is 36.4 Å². The average Bonchev–Trinajstić information content (AvgIpc) is 3.23. The van der Waals surface area contributed by atoms with E-state index >= 15 is 0 Å². The number of amides is 1. The SMILES string of the molecule is O=C(NC1CC2CNC1C2)c1ccc(-c2cccc(Cl)c2)s1. The minimum Gasteiger partial charge on any atom is -0.347 e. The summed E-state index contributed by atoms with van der Waals surface area (Å²) in [5.41, 5.74) is 1.05. The molecule has 2 fully saturated rings. The molecule has 2 N–H and O–H groups in total. The Morgan fingerprint density at radius 1 is 1.27 bits per heavy atom. The molecule has 1 amide bonds. The third kappa shape index (κ3) is 2.67. The second-order valence-corrected chi connectivity index (χ2v) is 7.63. The Kier molecular flexibility index (Phi) is 3.68. The summed E-state index contributed by atoms with van der Waals surface area (Å²) in [6.45, 7) is 1.11. The van der Waals surface area contributed by atoms with Crippen LogP contribution >= 0.6 is 22.9 Å². The maximum Gasteiger partial charge on any atom is 0.261 e. The predicted octanol–water partition coefficient (Wildman–Crippen LogP) is 3.55. The number of rotatable bonds is 3. The van der Waals surface area contributed by atoms with Gasteiger partial charge in [-0.3, -0.25) is 4.79 Å². The summed E-state index contributed by atoms with van der Waals surface area (Å²) in [5.74, 6) is 0.776. The third-order valence-corrected chi connectivity index (χ3v) is 5.95. The molecule has 0 radical (unpaired) electrons. The summed E-state index contributed by atoms with van der Waals surface area (Å²) >= 11 is 7.55. The van der Waals surface area contributed by atoms with E-state index in [0.29, 0.717) is 11.1 Å². The van der Waals surface area contributed by atoms with E-state index in [2.05, 4.69) is 10.6 Å². The number of nitrogens with one attached hydrogen (secondary N) is 2. The van der Waals surface area contributed by atoms with Crippen LogP contribution in [0.1, 0.15) is 22.5 Å². The highest BCUT2D eigenvalue weighted by Crippen LogP contribution is 2.33. The van der Waals surface area contributed by atoms with Crippen molar-refractivity contribution in [2.45, 2.75) is 24.9 Å². The van der Waals surface area contributed by atoms with E-state index < -0.39 is 0 Å². The fourth-order valence-corrected chi connectivity index (χ4v) is 4.60. The van der Waals surface area contributed by atoms with E-state index in [1.54, 1.807) is 0 Å². The number of fused-ring (bicyclic) bond motifs is 2. The molecule has 5 heteroatoms. The van der Waals surface area contributed by atoms with Gasteiger partial charge in [-0.1, -0.05) is 23.7 Å². The first-order valence-corrected chi connectivity index (χ1v) is 8.78. The average molecular weight is 333 g/mol. The zero-order chi connectivity index (χ0) is 15.1. The summed E-state index contributed by atoms with van der Waals surface area (Å²) in [6.07, 6.45) is 2.30. The van der Waals surface area contributed by atoms with Gasteiger partial charge in [-0.25, -0.2) is 0 Å². The molecular formula is C17H17ClN2OS. The molecule has 1 saturated carbocycles. The van der Waals surface area contributed by atoms with Crippen molar-refractivity contribution in [2.24, 2.45) is 5.92 Å². The molecule has 1 saturated heterocycles. The van der Waals surface area contributed by atoms with Crippen LogP contribution in [-0.2, 0) is 0 Å². The first-order valence-electron chi connectivity index (χ1n) is 7.59. The van der Waals surface area contributed by atoms with Crippen molar-refractivity contribution < 1.29 is 4.79 Å². The Morgan fingerprint density at radius 2 is 2.18 bits per heavy atom. The highest BCUT2D eigenvalue weighted by molar-refractivity contribution is 7.17. The van der Waals surface area contributed by atoms with Crippen molar-refractivity contribution >= 4 is 28.8 Å². The Labute approximate surface area is 138 Å². The van der Waals surface area contributed by atoms with Crippen molar-refractivity contribution in [2.75, 3.05) is 6.54 Å². The lowest BCUT2D eigenvalue weighted by Gasteiger charge is -2.23. The van der Waals surface area contributed by atoms with Crippen LogP contribution in [0.3, 0.4) is 0 Å². The van der Waals surface area contributed by atoms with Crippen LogP contribution in [0.5, 0.6) is 0 Å². The lowest BCUT2D eigenvalue weighted by molar-refractivity contribution is 0.0932. The van der Waals surface area contributed by atoms with Crippen LogP contribution in [0.25, 0.3) is 10.4 Å². The van der Waals surface area contributed by atoms with E-state index in [-0.39, 0.29) is 11.9 Å². The predicted molar refractivity (Wildman–Crippen MR) is 90.5 cm³/mol. The van der Waals surface area contributed by atoms with Gasteiger partial charge in [-0.15, -0.1) is 11.3 Å². The molecule has 1 aromatic carbocycles. The van der Waals surface area contributed by atoms with Crippen LogP contribution < -0.4 is 10.6 Å². The first-order chi connectivity index (χ1) is 10.7. The Bertz CT molecular complexity index is 714. The molecule has 3 unspecified atom stereocenters. The number of carbonyl (C=O) groups is 1. The van der Waals surface area contributed by atoms with E-state index in [9.17, 15) is 4.79 Å². The fourth-order valence-electron chi connectivity index (χ4n) is 3.51. The molecule has 1 aliphatic heterocycles. The summed E-state index contributed by atoms with van der Waals surface area (Å²) in [4.78, 5) is 14.3. The van der Waals surface area contributed by atoms with Gasteiger partial charge in [0.25, 0.3) is 5.91 Å². The Hall–Kier alpha value is -1.36. The van der Waals surface area contributed by atoms with E-state index in [4.69, 9.17) is 11.6 Å². The maximum absolute atomic E-state index is 12.4. The summed E-state index contributed by atoms with van der Waals surface area (Å²) in [6, 6.07) is 12.4. The Balaban J connectivity index is 1.48. The number of piperidine rings is 1. The molecular weight excluding hydrogens is 316 g/mol. The largest absolute Gasteiger partial charge is 0.347 e. The summed E-state index contributed by atoms with van der Waals surface area (Å²) in [5, 5.41) is 7.37. The van der Waals surface area contributed by atoms with Crippen molar-refractivity contribution in [3.8, 4) is 10.4 Å². The highest BCUT2D eigenvalue weighted by atomic mass is 35.5. The molecule has 3 nitrogen and oxygen atoms in total. The maximum atomic E-state index is 12.4. The molecule has 1 aliphatic carbocycles. The Morgan fingerprint density at radius 3 is 2.91 bits per heavy atom. The fraction of sp³-hybridized carbons (Fsp3) is 0.353. The summed E-state index contributed by atoms with van der Waals surface area (Å²) in [7, 11) is 0. The van der Waals surface area contributed by atoms with Crippen molar-refractivity contribution in [3.63, 3.8) is 0 Å². The highest BCUT2D eigenvalue weighted by Gasteiger charge is 2.40. The van der Waals surface area contributed by atoms with Crippen LogP contribution in [0.4, 0.5) is 0 Å². The van der Waals surface area contributed by atoms with Crippen molar-refractivity contribution in [1.29, 1.82) is 0 Å². The normalized spacial score (nSPS) is 26.3. The van der Waals surface area contributed by atoms with E-state index in [1.165, 1.54) is 17.8 Å². The molecule has 2 aromatic rings. The second kappa shape index (κ2) is 5.69. The van der Waals surface area contributed by atoms with Gasteiger partial charge >= 0.3 is 0 Å². The molecule has 0 spiro atoms. The zero-order valence-electron chi connectivity index (χ0n) is 12.0. The van der Waals surface area contributed by atoms with Crippen LogP contribution in [-0.4, -0.2) is 24.5 Å². The third-order valence-electron chi connectivity index (χ3n) is 4.58. The molecule has 22 heavy (non-hydrogen) atoms. The minimum atomic E-state index is 0.0395. The van der Waals surface area contributed by atoms with Crippen LogP contribution in [0, 0.1) is 5.92 Å². The molecule has 3 atom stereocenters. The number of hydrogen-bond acceptors (Lipinski definition) is 3. The smallest absolute Gasteiger partial charge is 0.261 e. The van der Waals surface area contributed by atoms with Gasteiger partial charge in [-0.05, 0) is 55.1 Å². The number of thiophene rings is 1. The molecule has 1 aromatic heterocycles. The molecule has 114 valence electrons. The van der Waals surface area contributed by atoms with Gasteiger partial charge in [0.15, 0.2) is 0 Å². The molecule has 2 bridgehead atoms. The zero-order valence-corrected chi connectivity index (χ0v) is 13.6. The summed E-state index contributed by atoms with van der Waals surface area (Å²) < 4.78 is 0. The number of hydrogen-bond donors (Lipinski definition) is 2. The van der Waals surface area contributed by atoms with Gasteiger partial charge in [0.05, 0.1) is 4.88 Å². The number of carbonyl (C=O) groups excluding carboxylic acids is 1. The van der Waals surface area contributed by atoms with Crippen LogP contribution in [0.15, 0.2) is 36.4 Å². The van der Waals surface area contributed by atoms with Gasteiger partial charge in [-0.2, -0.15) is 0 Å². The quantitative estimate of drug-likeness (QED) is 0.902. The minimum absolute atomic E-state index is 0.0395. The second-order valence-electron chi connectivity index (χ2n) is 6.11. The van der Waals surface area contributed by atoms with Crippen molar-refractivity contribution in [1.82, 2.24) is 10.6 Å². The van der Waals surface area contributed by atoms with E-state index in [0.717, 1.165) is 34.2 Å². The lowest BCUT2D eigenvalue weighted by atomic mass is 10.1. The molecule has 2 aliphatic rings. The van der Waals surface area contributed by atoms with Gasteiger partial charge in [0.2, 0.25) is 0 Å². The topological polar surface area (TPSA) is 41.1 Å². The monoisotopic (exact) mass is 332 g/mol.